The molecule has 0 spiro atoms. The fraction of sp³-hybridized carbons (Fsp3) is 0.316. The highest BCUT2D eigenvalue weighted by atomic mass is 16.6. The Morgan fingerprint density at radius 1 is 1.20 bits per heavy atom. The average Bonchev–Trinajstić information content (AvgIpc) is 2.62. The smallest absolute Gasteiger partial charge is 0.273 e. The van der Waals surface area contributed by atoms with Crippen LogP contribution in [0.25, 0.3) is 0 Å². The van der Waals surface area contributed by atoms with E-state index in [9.17, 15) is 14.9 Å². The van der Waals surface area contributed by atoms with Gasteiger partial charge in [-0.2, -0.15) is 0 Å². The Morgan fingerprint density at radius 3 is 2.60 bits per heavy atom. The summed E-state index contributed by atoms with van der Waals surface area (Å²) in [5.41, 5.74) is 3.04. The molecule has 25 heavy (non-hydrogen) atoms. The second-order valence-corrected chi connectivity index (χ2v) is 6.28. The standard InChI is InChI=1S/C19H20N2O4/c1-13-3-6-15(7-4-13)18-12-20(9-10-25-18)19(22)16-8-5-14(2)17(11-16)21(23)24/h3-8,11,18H,9-10,12H2,1-2H3. The van der Waals surface area contributed by atoms with Crippen LogP contribution in [0.1, 0.15) is 33.2 Å². The van der Waals surface area contributed by atoms with Crippen LogP contribution in [0.3, 0.4) is 0 Å². The third kappa shape index (κ3) is 3.69. The molecule has 1 atom stereocenters. The van der Waals surface area contributed by atoms with Gasteiger partial charge in [0.05, 0.1) is 18.1 Å². The number of nitrogens with zero attached hydrogens (tertiary/aromatic N) is 2. The van der Waals surface area contributed by atoms with Gasteiger partial charge in [0.1, 0.15) is 6.10 Å². The van der Waals surface area contributed by atoms with E-state index in [2.05, 4.69) is 0 Å². The summed E-state index contributed by atoms with van der Waals surface area (Å²) < 4.78 is 5.80. The summed E-state index contributed by atoms with van der Waals surface area (Å²) in [4.78, 5) is 25.1. The number of carbonyl (C=O) groups excluding carboxylic acids is 1. The minimum absolute atomic E-state index is 0.0332. The molecular weight excluding hydrogens is 320 g/mol. The zero-order valence-electron chi connectivity index (χ0n) is 14.3. The van der Waals surface area contributed by atoms with Gasteiger partial charge in [-0.1, -0.05) is 35.9 Å². The molecule has 3 rings (SSSR count). The third-order valence-electron chi connectivity index (χ3n) is 4.46. The number of benzene rings is 2. The Labute approximate surface area is 146 Å². The monoisotopic (exact) mass is 340 g/mol. The number of hydrogen-bond donors (Lipinski definition) is 0. The number of carbonyl (C=O) groups is 1. The molecule has 0 saturated carbocycles. The molecule has 1 heterocycles. The molecule has 6 nitrogen and oxygen atoms in total. The van der Waals surface area contributed by atoms with E-state index < -0.39 is 4.92 Å². The van der Waals surface area contributed by atoms with Crippen LogP contribution in [0.4, 0.5) is 5.69 Å². The molecule has 0 radical (unpaired) electrons. The van der Waals surface area contributed by atoms with E-state index in [1.807, 2.05) is 31.2 Å². The first-order valence-electron chi connectivity index (χ1n) is 8.18. The molecule has 1 saturated heterocycles. The van der Waals surface area contributed by atoms with Gasteiger partial charge >= 0.3 is 0 Å². The van der Waals surface area contributed by atoms with Gasteiger partial charge in [0.2, 0.25) is 0 Å². The van der Waals surface area contributed by atoms with Crippen molar-refractivity contribution < 1.29 is 14.5 Å². The number of aryl methyl sites for hydroxylation is 2. The zero-order chi connectivity index (χ0) is 18.0. The number of ether oxygens (including phenoxy) is 1. The molecule has 2 aromatic carbocycles. The minimum Gasteiger partial charge on any atom is -0.370 e. The maximum absolute atomic E-state index is 12.8. The Bertz CT molecular complexity index is 802. The fourth-order valence-electron chi connectivity index (χ4n) is 2.94. The predicted octanol–water partition coefficient (Wildman–Crippen LogP) is 3.43. The maximum Gasteiger partial charge on any atom is 0.273 e. The molecular formula is C19H20N2O4. The van der Waals surface area contributed by atoms with Crippen molar-refractivity contribution >= 4 is 11.6 Å². The zero-order valence-corrected chi connectivity index (χ0v) is 14.3. The summed E-state index contributed by atoms with van der Waals surface area (Å²) in [6.07, 6.45) is -0.182. The lowest BCUT2D eigenvalue weighted by Gasteiger charge is -2.33. The molecule has 1 amide bonds. The lowest BCUT2D eigenvalue weighted by atomic mass is 10.0. The van der Waals surface area contributed by atoms with Crippen molar-refractivity contribution in [1.82, 2.24) is 4.90 Å². The van der Waals surface area contributed by atoms with Crippen molar-refractivity contribution in [3.8, 4) is 0 Å². The minimum atomic E-state index is -0.458. The van der Waals surface area contributed by atoms with Crippen LogP contribution >= 0.6 is 0 Å². The lowest BCUT2D eigenvalue weighted by Crippen LogP contribution is -2.42. The van der Waals surface area contributed by atoms with E-state index in [-0.39, 0.29) is 17.7 Å². The van der Waals surface area contributed by atoms with Crippen LogP contribution in [0.5, 0.6) is 0 Å². The highest BCUT2D eigenvalue weighted by molar-refractivity contribution is 5.95. The third-order valence-corrected chi connectivity index (χ3v) is 4.46. The van der Waals surface area contributed by atoms with Crippen LogP contribution in [-0.2, 0) is 4.74 Å². The summed E-state index contributed by atoms with van der Waals surface area (Å²) in [6.45, 7) is 5.03. The lowest BCUT2D eigenvalue weighted by molar-refractivity contribution is -0.385. The van der Waals surface area contributed by atoms with Crippen molar-refractivity contribution in [1.29, 1.82) is 0 Å². The molecule has 0 aromatic heterocycles. The molecule has 0 bridgehead atoms. The SMILES string of the molecule is Cc1ccc(C2CN(C(=O)c3ccc(C)c([N+](=O)[O-])c3)CCO2)cc1. The number of hydrogen-bond acceptors (Lipinski definition) is 4. The molecule has 130 valence electrons. The van der Waals surface area contributed by atoms with Gasteiger partial charge in [0.15, 0.2) is 0 Å². The molecule has 0 N–H and O–H groups in total. The topological polar surface area (TPSA) is 72.7 Å². The number of morpholine rings is 1. The Balaban J connectivity index is 1.79. The predicted molar refractivity (Wildman–Crippen MR) is 93.6 cm³/mol. The van der Waals surface area contributed by atoms with E-state index in [0.717, 1.165) is 5.56 Å². The molecule has 1 unspecified atom stereocenters. The van der Waals surface area contributed by atoms with E-state index in [1.165, 1.54) is 11.6 Å². The van der Waals surface area contributed by atoms with Crippen LogP contribution in [0, 0.1) is 24.0 Å². The number of nitro benzene ring substituents is 1. The van der Waals surface area contributed by atoms with E-state index in [4.69, 9.17) is 4.74 Å². The quantitative estimate of drug-likeness (QED) is 0.634. The molecule has 1 aliphatic rings. The number of rotatable bonds is 3. The van der Waals surface area contributed by atoms with Crippen LogP contribution in [-0.4, -0.2) is 35.4 Å². The first-order valence-corrected chi connectivity index (χ1v) is 8.18. The highest BCUT2D eigenvalue weighted by Crippen LogP contribution is 2.25. The molecule has 6 heteroatoms. The van der Waals surface area contributed by atoms with Gasteiger partial charge < -0.3 is 9.64 Å². The van der Waals surface area contributed by atoms with E-state index >= 15 is 0 Å². The Kier molecular flexibility index (Phi) is 4.81. The van der Waals surface area contributed by atoms with Gasteiger partial charge in [-0.3, -0.25) is 14.9 Å². The van der Waals surface area contributed by atoms with E-state index in [0.29, 0.717) is 30.8 Å². The Morgan fingerprint density at radius 2 is 1.92 bits per heavy atom. The Hall–Kier alpha value is -2.73. The summed E-state index contributed by atoms with van der Waals surface area (Å²) >= 11 is 0. The summed E-state index contributed by atoms with van der Waals surface area (Å²) in [5, 5.41) is 11.1. The highest BCUT2D eigenvalue weighted by Gasteiger charge is 2.27. The van der Waals surface area contributed by atoms with Gasteiger partial charge in [0, 0.05) is 23.7 Å². The molecule has 1 aliphatic heterocycles. The van der Waals surface area contributed by atoms with Crippen molar-refractivity contribution in [2.45, 2.75) is 20.0 Å². The molecule has 2 aromatic rings. The van der Waals surface area contributed by atoms with Crippen LogP contribution in [0.15, 0.2) is 42.5 Å². The van der Waals surface area contributed by atoms with Gasteiger partial charge in [0.25, 0.3) is 11.6 Å². The number of nitro groups is 1. The van der Waals surface area contributed by atoms with E-state index in [1.54, 1.807) is 24.0 Å². The fourth-order valence-corrected chi connectivity index (χ4v) is 2.94. The van der Waals surface area contributed by atoms with Gasteiger partial charge in [-0.15, -0.1) is 0 Å². The van der Waals surface area contributed by atoms with Crippen molar-refractivity contribution in [2.24, 2.45) is 0 Å². The second-order valence-electron chi connectivity index (χ2n) is 6.28. The molecule has 0 aliphatic carbocycles. The first kappa shape index (κ1) is 17.1. The first-order chi connectivity index (χ1) is 12.0. The maximum atomic E-state index is 12.8. The van der Waals surface area contributed by atoms with Crippen molar-refractivity contribution in [3.63, 3.8) is 0 Å². The molecule has 1 fully saturated rings. The average molecular weight is 340 g/mol. The van der Waals surface area contributed by atoms with Crippen LogP contribution in [0.2, 0.25) is 0 Å². The summed E-state index contributed by atoms with van der Waals surface area (Å²) in [7, 11) is 0. The second kappa shape index (κ2) is 7.03. The van der Waals surface area contributed by atoms with Gasteiger partial charge in [-0.05, 0) is 25.5 Å². The summed E-state index contributed by atoms with van der Waals surface area (Å²) in [6, 6.07) is 12.7. The van der Waals surface area contributed by atoms with Crippen molar-refractivity contribution in [3.05, 3.63) is 74.8 Å². The largest absolute Gasteiger partial charge is 0.370 e. The van der Waals surface area contributed by atoms with Gasteiger partial charge in [-0.25, -0.2) is 0 Å². The number of amides is 1. The van der Waals surface area contributed by atoms with Crippen LogP contribution < -0.4 is 0 Å². The van der Waals surface area contributed by atoms with Crippen molar-refractivity contribution in [2.75, 3.05) is 19.7 Å². The summed E-state index contributed by atoms with van der Waals surface area (Å²) in [5.74, 6) is -0.205. The normalized spacial score (nSPS) is 17.4.